The van der Waals surface area contributed by atoms with E-state index < -0.39 is 12.2 Å². The predicted molar refractivity (Wildman–Crippen MR) is 32.1 cm³/mol. The molecular weight excluding hydrogens is 122 g/mol. The second-order valence-electron chi connectivity index (χ2n) is 1.65. The van der Waals surface area contributed by atoms with Crippen LogP contribution in [0.2, 0.25) is 0 Å². The van der Waals surface area contributed by atoms with Crippen molar-refractivity contribution in [3.05, 3.63) is 0 Å². The molecule has 0 radical (unpaired) electrons. The fraction of sp³-hybridized carbons (Fsp3) is 0.800. The van der Waals surface area contributed by atoms with Gasteiger partial charge in [-0.3, -0.25) is 0 Å². The highest BCUT2D eigenvalue weighted by molar-refractivity contribution is 5.66. The maximum atomic E-state index is 10.3. The Balaban J connectivity index is 3.34. The van der Waals surface area contributed by atoms with Gasteiger partial charge in [0.25, 0.3) is 0 Å². The minimum atomic E-state index is -0.517. The first-order valence-electron chi connectivity index (χ1n) is 2.70. The Hall–Kier alpha value is -0.770. The lowest BCUT2D eigenvalue weighted by Crippen LogP contribution is -2.26. The summed E-state index contributed by atoms with van der Waals surface area (Å²) in [5.74, 6) is 0. The van der Waals surface area contributed by atoms with Crippen molar-refractivity contribution in [2.75, 3.05) is 13.7 Å². The summed E-state index contributed by atoms with van der Waals surface area (Å²) in [5.41, 5.74) is 0. The first-order chi connectivity index (χ1) is 4.20. The van der Waals surface area contributed by atoms with E-state index in [2.05, 4.69) is 10.1 Å². The Morgan fingerprint density at radius 3 is 2.78 bits per heavy atom. The number of ether oxygens (including phenoxy) is 1. The van der Waals surface area contributed by atoms with Crippen LogP contribution in [0.15, 0.2) is 0 Å². The average molecular weight is 133 g/mol. The number of aliphatic hydroxyl groups excluding tert-OH is 1. The molecule has 4 nitrogen and oxygen atoms in total. The molecule has 54 valence electrons. The van der Waals surface area contributed by atoms with Crippen LogP contribution in [0.4, 0.5) is 4.79 Å². The van der Waals surface area contributed by atoms with Crippen molar-refractivity contribution >= 4 is 6.09 Å². The molecule has 0 bridgehead atoms. The molecule has 0 spiro atoms. The molecule has 0 rings (SSSR count). The van der Waals surface area contributed by atoms with Gasteiger partial charge in [0.1, 0.15) is 6.10 Å². The van der Waals surface area contributed by atoms with Crippen molar-refractivity contribution < 1.29 is 14.6 Å². The fourth-order valence-electron chi connectivity index (χ4n) is 0.279. The number of amides is 1. The number of carbonyl (C=O) groups excluding carboxylic acids is 1. The van der Waals surface area contributed by atoms with Crippen LogP contribution >= 0.6 is 0 Å². The first kappa shape index (κ1) is 8.23. The van der Waals surface area contributed by atoms with Gasteiger partial charge >= 0.3 is 6.09 Å². The van der Waals surface area contributed by atoms with E-state index in [9.17, 15) is 4.79 Å². The van der Waals surface area contributed by atoms with Crippen molar-refractivity contribution in [1.82, 2.24) is 5.32 Å². The third-order valence-corrected chi connectivity index (χ3v) is 0.769. The molecule has 2 N–H and O–H groups in total. The van der Waals surface area contributed by atoms with Gasteiger partial charge in [0.2, 0.25) is 0 Å². The lowest BCUT2D eigenvalue weighted by Gasteiger charge is -2.08. The Labute approximate surface area is 53.8 Å². The number of aliphatic hydroxyl groups is 1. The number of nitrogens with one attached hydrogen (secondary N) is 1. The SMILES string of the molecule is CNC(=O)OC(C)CO. The zero-order valence-electron chi connectivity index (χ0n) is 5.55. The van der Waals surface area contributed by atoms with Crippen molar-refractivity contribution in [3.8, 4) is 0 Å². The highest BCUT2D eigenvalue weighted by Crippen LogP contribution is 1.87. The molecule has 0 saturated carbocycles. The molecule has 1 unspecified atom stereocenters. The number of hydrogen-bond acceptors (Lipinski definition) is 3. The van der Waals surface area contributed by atoms with Crippen molar-refractivity contribution in [2.24, 2.45) is 0 Å². The zero-order valence-corrected chi connectivity index (χ0v) is 5.55. The quantitative estimate of drug-likeness (QED) is 0.544. The van der Waals surface area contributed by atoms with Crippen LogP contribution in [0, 0.1) is 0 Å². The second-order valence-corrected chi connectivity index (χ2v) is 1.65. The van der Waals surface area contributed by atoms with Crippen molar-refractivity contribution in [1.29, 1.82) is 0 Å². The summed E-state index contributed by atoms with van der Waals surface area (Å²) in [4.78, 5) is 10.3. The maximum absolute atomic E-state index is 10.3. The van der Waals surface area contributed by atoms with E-state index in [-0.39, 0.29) is 6.61 Å². The molecule has 0 heterocycles. The zero-order chi connectivity index (χ0) is 7.28. The number of alkyl carbamates (subject to hydrolysis) is 1. The first-order valence-corrected chi connectivity index (χ1v) is 2.70. The molecule has 1 amide bonds. The van der Waals surface area contributed by atoms with Crippen LogP contribution in [0.5, 0.6) is 0 Å². The minimum Gasteiger partial charge on any atom is -0.444 e. The van der Waals surface area contributed by atoms with E-state index >= 15 is 0 Å². The van der Waals surface area contributed by atoms with E-state index in [4.69, 9.17) is 5.11 Å². The summed E-state index contributed by atoms with van der Waals surface area (Å²) >= 11 is 0. The van der Waals surface area contributed by atoms with Gasteiger partial charge in [-0.25, -0.2) is 4.79 Å². The standard InChI is InChI=1S/C5H11NO3/c1-4(3-7)9-5(8)6-2/h4,7H,3H2,1-2H3,(H,6,8). The summed E-state index contributed by atoms with van der Waals surface area (Å²) in [6, 6.07) is 0. The lowest BCUT2D eigenvalue weighted by atomic mass is 10.4. The van der Waals surface area contributed by atoms with E-state index in [1.807, 2.05) is 0 Å². The summed E-state index contributed by atoms with van der Waals surface area (Å²) in [6.45, 7) is 1.46. The van der Waals surface area contributed by atoms with Gasteiger partial charge in [-0.1, -0.05) is 0 Å². The monoisotopic (exact) mass is 133 g/mol. The van der Waals surface area contributed by atoms with Gasteiger partial charge in [0.05, 0.1) is 6.61 Å². The summed E-state index contributed by atoms with van der Waals surface area (Å²) in [5, 5.41) is 10.6. The predicted octanol–water partition coefficient (Wildman–Crippen LogP) is -0.277. The molecule has 9 heavy (non-hydrogen) atoms. The van der Waals surface area contributed by atoms with Crippen molar-refractivity contribution in [2.45, 2.75) is 13.0 Å². The Morgan fingerprint density at radius 1 is 1.89 bits per heavy atom. The molecule has 0 saturated heterocycles. The van der Waals surface area contributed by atoms with Gasteiger partial charge in [-0.05, 0) is 6.92 Å². The molecule has 0 aromatic heterocycles. The Bertz CT molecular complexity index is 94.2. The highest BCUT2D eigenvalue weighted by Gasteiger charge is 2.03. The van der Waals surface area contributed by atoms with Crippen LogP contribution in [-0.2, 0) is 4.74 Å². The van der Waals surface area contributed by atoms with Crippen LogP contribution in [0.1, 0.15) is 6.92 Å². The van der Waals surface area contributed by atoms with Crippen LogP contribution in [-0.4, -0.2) is 31.0 Å². The number of rotatable bonds is 2. The number of hydrogen-bond donors (Lipinski definition) is 2. The molecule has 0 aliphatic carbocycles. The minimum absolute atomic E-state index is 0.145. The fourth-order valence-corrected chi connectivity index (χ4v) is 0.279. The van der Waals surface area contributed by atoms with Gasteiger partial charge in [-0.2, -0.15) is 0 Å². The molecule has 1 atom stereocenters. The summed E-state index contributed by atoms with van der Waals surface area (Å²) in [6.07, 6.45) is -0.943. The van der Waals surface area contributed by atoms with E-state index in [1.165, 1.54) is 7.05 Å². The third kappa shape index (κ3) is 3.78. The van der Waals surface area contributed by atoms with Crippen LogP contribution in [0.3, 0.4) is 0 Å². The van der Waals surface area contributed by atoms with Gasteiger partial charge in [0.15, 0.2) is 0 Å². The van der Waals surface area contributed by atoms with Crippen LogP contribution < -0.4 is 5.32 Å². The number of carbonyl (C=O) groups is 1. The Kier molecular flexibility index (Phi) is 3.79. The normalized spacial score (nSPS) is 12.3. The summed E-state index contributed by atoms with van der Waals surface area (Å²) < 4.78 is 4.55. The molecule has 0 aliphatic rings. The van der Waals surface area contributed by atoms with Gasteiger partial charge in [-0.15, -0.1) is 0 Å². The molecule has 0 aliphatic heterocycles. The smallest absolute Gasteiger partial charge is 0.407 e. The molecule has 4 heteroatoms. The van der Waals surface area contributed by atoms with Gasteiger partial charge in [0, 0.05) is 7.05 Å². The Morgan fingerprint density at radius 2 is 2.44 bits per heavy atom. The summed E-state index contributed by atoms with van der Waals surface area (Å²) in [7, 11) is 1.46. The lowest BCUT2D eigenvalue weighted by molar-refractivity contribution is 0.0694. The maximum Gasteiger partial charge on any atom is 0.407 e. The van der Waals surface area contributed by atoms with E-state index in [1.54, 1.807) is 6.92 Å². The molecule has 0 aromatic carbocycles. The third-order valence-electron chi connectivity index (χ3n) is 0.769. The van der Waals surface area contributed by atoms with Crippen molar-refractivity contribution in [3.63, 3.8) is 0 Å². The average Bonchev–Trinajstić information content (AvgIpc) is 1.87. The molecular formula is C5H11NO3. The largest absolute Gasteiger partial charge is 0.444 e. The second kappa shape index (κ2) is 4.14. The topological polar surface area (TPSA) is 58.6 Å². The highest BCUT2D eigenvalue weighted by atomic mass is 16.6. The molecule has 0 fully saturated rings. The van der Waals surface area contributed by atoms with Gasteiger partial charge < -0.3 is 15.2 Å². The molecule has 0 aromatic rings. The van der Waals surface area contributed by atoms with E-state index in [0.29, 0.717) is 0 Å². The van der Waals surface area contributed by atoms with E-state index in [0.717, 1.165) is 0 Å². The van der Waals surface area contributed by atoms with Crippen LogP contribution in [0.25, 0.3) is 0 Å².